The predicted octanol–water partition coefficient (Wildman–Crippen LogP) is 0.745. The number of nitrogens with zero attached hydrogens (tertiary/aromatic N) is 3. The van der Waals surface area contributed by atoms with Gasteiger partial charge >= 0.3 is 0 Å². The lowest BCUT2D eigenvalue weighted by molar-refractivity contribution is 0.133. The van der Waals surface area contributed by atoms with Crippen LogP contribution in [0.1, 0.15) is 12.8 Å². The fourth-order valence-electron chi connectivity index (χ4n) is 2.70. The van der Waals surface area contributed by atoms with Crippen molar-refractivity contribution < 1.29 is 5.11 Å². The normalized spacial score (nSPS) is 36.4. The van der Waals surface area contributed by atoms with E-state index in [1.165, 1.54) is 6.42 Å². The lowest BCUT2D eigenvalue weighted by Gasteiger charge is -2.16. The first-order valence-electron chi connectivity index (χ1n) is 5.04. The van der Waals surface area contributed by atoms with Crippen LogP contribution in [-0.4, -0.2) is 34.5 Å². The van der Waals surface area contributed by atoms with Crippen LogP contribution in [0.2, 0.25) is 0 Å². The van der Waals surface area contributed by atoms with Crippen LogP contribution >= 0.6 is 11.3 Å². The molecule has 1 aliphatic heterocycles. The summed E-state index contributed by atoms with van der Waals surface area (Å²) in [4.78, 5) is 2.26. The molecule has 1 saturated heterocycles. The van der Waals surface area contributed by atoms with Gasteiger partial charge in [0.25, 0.3) is 0 Å². The maximum Gasteiger partial charge on any atom is 0.208 e. The van der Waals surface area contributed by atoms with E-state index >= 15 is 0 Å². The molecule has 1 aromatic heterocycles. The first-order chi connectivity index (χ1) is 6.84. The Hall–Kier alpha value is -0.680. The highest BCUT2D eigenvalue weighted by molar-refractivity contribution is 7.13. The Kier molecular flexibility index (Phi) is 1.95. The van der Waals surface area contributed by atoms with E-state index in [1.54, 1.807) is 16.8 Å². The van der Waals surface area contributed by atoms with E-state index in [0.717, 1.165) is 24.6 Å². The van der Waals surface area contributed by atoms with Crippen LogP contribution in [0.4, 0.5) is 5.13 Å². The Bertz CT molecular complexity index is 316. The van der Waals surface area contributed by atoms with E-state index < -0.39 is 0 Å². The second-order valence-electron chi connectivity index (χ2n) is 4.19. The molecule has 4 nitrogen and oxygen atoms in total. The van der Waals surface area contributed by atoms with Gasteiger partial charge in [-0.25, -0.2) is 0 Å². The van der Waals surface area contributed by atoms with Crippen molar-refractivity contribution in [2.45, 2.75) is 18.9 Å². The molecule has 2 fully saturated rings. The largest absolute Gasteiger partial charge is 0.393 e. The number of fused-ring (bicyclic) bond motifs is 1. The zero-order chi connectivity index (χ0) is 9.54. The summed E-state index contributed by atoms with van der Waals surface area (Å²) in [5, 5.41) is 18.7. The minimum Gasteiger partial charge on any atom is -0.393 e. The second-order valence-corrected chi connectivity index (χ2v) is 5.01. The van der Waals surface area contributed by atoms with Gasteiger partial charge in [0.2, 0.25) is 5.13 Å². The summed E-state index contributed by atoms with van der Waals surface area (Å²) in [5.74, 6) is 1.15. The van der Waals surface area contributed by atoms with Crippen LogP contribution < -0.4 is 4.90 Å². The molecule has 5 heteroatoms. The van der Waals surface area contributed by atoms with E-state index in [0.29, 0.717) is 11.8 Å². The van der Waals surface area contributed by atoms with Gasteiger partial charge in [0.15, 0.2) is 0 Å². The van der Waals surface area contributed by atoms with E-state index in [1.807, 2.05) is 0 Å². The van der Waals surface area contributed by atoms with Crippen LogP contribution in [0.3, 0.4) is 0 Å². The summed E-state index contributed by atoms with van der Waals surface area (Å²) >= 11 is 1.58. The van der Waals surface area contributed by atoms with Crippen molar-refractivity contribution in [3.05, 3.63) is 5.51 Å². The van der Waals surface area contributed by atoms with Gasteiger partial charge in [0, 0.05) is 19.0 Å². The number of hydrogen-bond donors (Lipinski definition) is 1. The molecule has 0 bridgehead atoms. The summed E-state index contributed by atoms with van der Waals surface area (Å²) in [5.41, 5.74) is 1.76. The molecule has 1 N–H and O–H groups in total. The molecule has 0 aromatic carbocycles. The molecule has 2 heterocycles. The Labute approximate surface area is 86.6 Å². The topological polar surface area (TPSA) is 49.2 Å². The highest BCUT2D eigenvalue weighted by Crippen LogP contribution is 2.39. The molecule has 3 unspecified atom stereocenters. The third-order valence-corrected chi connectivity index (χ3v) is 4.19. The van der Waals surface area contributed by atoms with Crippen LogP contribution in [0, 0.1) is 11.8 Å². The van der Waals surface area contributed by atoms with Crippen LogP contribution in [0.15, 0.2) is 5.51 Å². The third-order valence-electron chi connectivity index (χ3n) is 3.44. The van der Waals surface area contributed by atoms with Gasteiger partial charge in [-0.2, -0.15) is 0 Å². The molecule has 0 amide bonds. The van der Waals surface area contributed by atoms with Crippen LogP contribution in [-0.2, 0) is 0 Å². The quantitative estimate of drug-likeness (QED) is 0.744. The van der Waals surface area contributed by atoms with E-state index in [-0.39, 0.29) is 6.10 Å². The molecule has 3 rings (SSSR count). The second kappa shape index (κ2) is 3.17. The molecule has 76 valence electrons. The highest BCUT2D eigenvalue weighted by atomic mass is 32.1. The molecule has 0 spiro atoms. The van der Waals surface area contributed by atoms with Gasteiger partial charge in [-0.3, -0.25) is 0 Å². The Morgan fingerprint density at radius 3 is 3.07 bits per heavy atom. The monoisotopic (exact) mass is 211 g/mol. The Morgan fingerprint density at radius 2 is 2.36 bits per heavy atom. The van der Waals surface area contributed by atoms with E-state index in [2.05, 4.69) is 15.1 Å². The molecule has 2 aliphatic rings. The zero-order valence-corrected chi connectivity index (χ0v) is 8.65. The van der Waals surface area contributed by atoms with Gasteiger partial charge < -0.3 is 10.0 Å². The molecule has 14 heavy (non-hydrogen) atoms. The molecule has 3 atom stereocenters. The van der Waals surface area contributed by atoms with Crippen molar-refractivity contribution in [1.82, 2.24) is 10.2 Å². The standard InChI is InChI=1S/C9H13N3OS/c13-8-2-1-6-3-12(4-7(6)8)9-11-10-5-14-9/h5-8,13H,1-4H2. The smallest absolute Gasteiger partial charge is 0.208 e. The summed E-state index contributed by atoms with van der Waals surface area (Å²) in [6.45, 7) is 2.01. The fraction of sp³-hybridized carbons (Fsp3) is 0.778. The number of aliphatic hydroxyl groups excluding tert-OH is 1. The van der Waals surface area contributed by atoms with Gasteiger partial charge in [-0.1, -0.05) is 11.3 Å². The SMILES string of the molecule is OC1CCC2CN(c3nncs3)CC12. The van der Waals surface area contributed by atoms with E-state index in [9.17, 15) is 5.11 Å². The van der Waals surface area contributed by atoms with E-state index in [4.69, 9.17) is 0 Å². The first kappa shape index (κ1) is 8.61. The molecular weight excluding hydrogens is 198 g/mol. The molecule has 1 aliphatic carbocycles. The molecular formula is C9H13N3OS. The number of rotatable bonds is 1. The Morgan fingerprint density at radius 1 is 1.43 bits per heavy atom. The third kappa shape index (κ3) is 1.23. The van der Waals surface area contributed by atoms with Gasteiger partial charge in [-0.15, -0.1) is 10.2 Å². The maximum atomic E-state index is 9.76. The minimum atomic E-state index is -0.0853. The summed E-state index contributed by atoms with van der Waals surface area (Å²) in [6.07, 6.45) is 2.07. The average molecular weight is 211 g/mol. The van der Waals surface area contributed by atoms with Gasteiger partial charge in [0.1, 0.15) is 5.51 Å². The minimum absolute atomic E-state index is 0.0853. The number of aromatic nitrogens is 2. The van der Waals surface area contributed by atoms with Crippen LogP contribution in [0.5, 0.6) is 0 Å². The Balaban J connectivity index is 1.77. The average Bonchev–Trinajstić information content (AvgIpc) is 2.83. The fourth-order valence-corrected chi connectivity index (χ4v) is 3.28. The number of anilines is 1. The zero-order valence-electron chi connectivity index (χ0n) is 7.83. The van der Waals surface area contributed by atoms with Crippen molar-refractivity contribution in [2.75, 3.05) is 18.0 Å². The van der Waals surface area contributed by atoms with Crippen molar-refractivity contribution in [2.24, 2.45) is 11.8 Å². The van der Waals surface area contributed by atoms with Gasteiger partial charge in [0.05, 0.1) is 6.10 Å². The lowest BCUT2D eigenvalue weighted by Crippen LogP contribution is -2.24. The summed E-state index contributed by atoms with van der Waals surface area (Å²) in [6, 6.07) is 0. The van der Waals surface area contributed by atoms with Gasteiger partial charge in [-0.05, 0) is 18.8 Å². The lowest BCUT2D eigenvalue weighted by atomic mass is 10.00. The number of aliphatic hydroxyl groups is 1. The first-order valence-corrected chi connectivity index (χ1v) is 5.92. The maximum absolute atomic E-state index is 9.76. The van der Waals surface area contributed by atoms with Crippen molar-refractivity contribution in [3.63, 3.8) is 0 Å². The highest BCUT2D eigenvalue weighted by Gasteiger charge is 2.42. The van der Waals surface area contributed by atoms with Crippen LogP contribution in [0.25, 0.3) is 0 Å². The van der Waals surface area contributed by atoms with Crippen molar-refractivity contribution in [1.29, 1.82) is 0 Å². The molecule has 1 aromatic rings. The summed E-state index contributed by atoms with van der Waals surface area (Å²) in [7, 11) is 0. The molecule has 0 radical (unpaired) electrons. The number of hydrogen-bond acceptors (Lipinski definition) is 5. The predicted molar refractivity (Wildman–Crippen MR) is 54.3 cm³/mol. The summed E-state index contributed by atoms with van der Waals surface area (Å²) < 4.78 is 0. The van der Waals surface area contributed by atoms with Crippen molar-refractivity contribution in [3.8, 4) is 0 Å². The van der Waals surface area contributed by atoms with Crippen molar-refractivity contribution >= 4 is 16.5 Å². The molecule has 1 saturated carbocycles.